The molecule has 0 aliphatic rings. The van der Waals surface area contributed by atoms with Crippen molar-refractivity contribution in [3.05, 3.63) is 59.7 Å². The number of benzene rings is 2. The molecule has 108 valence electrons. The predicted molar refractivity (Wildman–Crippen MR) is 85.3 cm³/mol. The summed E-state index contributed by atoms with van der Waals surface area (Å²) >= 11 is 0. The maximum atomic E-state index is 8.87. The molecule has 0 fully saturated rings. The fourth-order valence-corrected chi connectivity index (χ4v) is 1.94. The smallest absolute Gasteiger partial charge is 0.119 e. The Kier molecular flexibility index (Phi) is 5.66. The minimum atomic E-state index is 0.666. The summed E-state index contributed by atoms with van der Waals surface area (Å²) in [7, 11) is 0. The molecule has 0 bridgehead atoms. The summed E-state index contributed by atoms with van der Waals surface area (Å²) in [6.07, 6.45) is 2.22. The lowest BCUT2D eigenvalue weighted by molar-refractivity contribution is 0.309. The Labute approximate surface area is 126 Å². The van der Waals surface area contributed by atoms with Crippen LogP contribution in [0.1, 0.15) is 30.9 Å². The molecule has 0 spiro atoms. The summed E-state index contributed by atoms with van der Waals surface area (Å²) < 4.78 is 5.64. The average Bonchev–Trinajstić information content (AvgIpc) is 2.54. The maximum absolute atomic E-state index is 8.87. The fourth-order valence-electron chi connectivity index (χ4n) is 1.94. The first-order valence-corrected chi connectivity index (χ1v) is 7.27. The number of nitriles is 1. The highest BCUT2D eigenvalue weighted by atomic mass is 16.5. The highest BCUT2D eigenvalue weighted by molar-refractivity contribution is 5.49. The van der Waals surface area contributed by atoms with E-state index in [9.17, 15) is 0 Å². The van der Waals surface area contributed by atoms with Gasteiger partial charge >= 0.3 is 0 Å². The van der Waals surface area contributed by atoms with Gasteiger partial charge in [-0.3, -0.25) is 0 Å². The average molecular weight is 280 g/mol. The zero-order valence-corrected chi connectivity index (χ0v) is 12.3. The van der Waals surface area contributed by atoms with Gasteiger partial charge in [0.05, 0.1) is 18.2 Å². The zero-order valence-electron chi connectivity index (χ0n) is 12.3. The number of nitrogens with one attached hydrogen (secondary N) is 1. The van der Waals surface area contributed by atoms with E-state index in [1.807, 2.05) is 30.3 Å². The Bertz CT molecular complexity index is 599. The highest BCUT2D eigenvalue weighted by Gasteiger charge is 1.98. The van der Waals surface area contributed by atoms with E-state index in [0.29, 0.717) is 5.56 Å². The lowest BCUT2D eigenvalue weighted by Gasteiger charge is -2.09. The van der Waals surface area contributed by atoms with Crippen molar-refractivity contribution in [2.45, 2.75) is 26.3 Å². The van der Waals surface area contributed by atoms with E-state index >= 15 is 0 Å². The van der Waals surface area contributed by atoms with E-state index in [2.05, 4.69) is 30.4 Å². The summed E-state index contributed by atoms with van der Waals surface area (Å²) in [5, 5.41) is 12.2. The van der Waals surface area contributed by atoms with Crippen molar-refractivity contribution >= 4 is 5.69 Å². The molecule has 0 atom stereocenters. The molecular formula is C18H20N2O. The Morgan fingerprint density at radius 1 is 1.14 bits per heavy atom. The van der Waals surface area contributed by atoms with Crippen LogP contribution in [0.25, 0.3) is 0 Å². The fraction of sp³-hybridized carbons (Fsp3) is 0.278. The van der Waals surface area contributed by atoms with Gasteiger partial charge in [0.2, 0.25) is 0 Å². The van der Waals surface area contributed by atoms with Gasteiger partial charge in [-0.05, 0) is 42.3 Å². The molecule has 21 heavy (non-hydrogen) atoms. The van der Waals surface area contributed by atoms with Crippen LogP contribution in [-0.4, -0.2) is 6.61 Å². The van der Waals surface area contributed by atoms with Gasteiger partial charge in [-0.1, -0.05) is 31.5 Å². The monoisotopic (exact) mass is 280 g/mol. The van der Waals surface area contributed by atoms with Crippen molar-refractivity contribution in [2.75, 3.05) is 11.9 Å². The second kappa shape index (κ2) is 7.96. The van der Waals surface area contributed by atoms with Crippen LogP contribution in [0.2, 0.25) is 0 Å². The Morgan fingerprint density at radius 3 is 2.67 bits per heavy atom. The molecule has 2 aromatic rings. The Balaban J connectivity index is 1.87. The SMILES string of the molecule is CCCCOc1ccc(CNc2cccc(C#N)c2)cc1. The molecule has 0 aromatic heterocycles. The number of anilines is 1. The molecule has 0 saturated heterocycles. The summed E-state index contributed by atoms with van der Waals surface area (Å²) in [6, 6.07) is 17.7. The lowest BCUT2D eigenvalue weighted by Crippen LogP contribution is -2.00. The molecule has 0 aliphatic carbocycles. The summed E-state index contributed by atoms with van der Waals surface area (Å²) in [5.41, 5.74) is 2.80. The quantitative estimate of drug-likeness (QED) is 0.767. The third-order valence-electron chi connectivity index (χ3n) is 3.18. The van der Waals surface area contributed by atoms with Gasteiger partial charge in [0.1, 0.15) is 5.75 Å². The van der Waals surface area contributed by atoms with E-state index in [0.717, 1.165) is 37.4 Å². The van der Waals surface area contributed by atoms with Gasteiger partial charge < -0.3 is 10.1 Å². The van der Waals surface area contributed by atoms with Crippen LogP contribution < -0.4 is 10.1 Å². The maximum Gasteiger partial charge on any atom is 0.119 e. The molecular weight excluding hydrogens is 260 g/mol. The van der Waals surface area contributed by atoms with Gasteiger partial charge in [-0.25, -0.2) is 0 Å². The van der Waals surface area contributed by atoms with Crippen molar-refractivity contribution in [1.82, 2.24) is 0 Å². The van der Waals surface area contributed by atoms with Crippen molar-refractivity contribution in [2.24, 2.45) is 0 Å². The van der Waals surface area contributed by atoms with Crippen LogP contribution in [0, 0.1) is 11.3 Å². The van der Waals surface area contributed by atoms with Crippen LogP contribution in [0.5, 0.6) is 5.75 Å². The van der Waals surface area contributed by atoms with E-state index in [1.165, 1.54) is 5.56 Å². The first-order valence-electron chi connectivity index (χ1n) is 7.27. The number of hydrogen-bond acceptors (Lipinski definition) is 3. The number of nitrogens with zero attached hydrogens (tertiary/aromatic N) is 1. The molecule has 0 radical (unpaired) electrons. The molecule has 0 aliphatic heterocycles. The topological polar surface area (TPSA) is 45.0 Å². The normalized spacial score (nSPS) is 9.90. The van der Waals surface area contributed by atoms with Crippen LogP contribution in [0.15, 0.2) is 48.5 Å². The molecule has 0 unspecified atom stereocenters. The first kappa shape index (κ1) is 14.9. The number of hydrogen-bond donors (Lipinski definition) is 1. The highest BCUT2D eigenvalue weighted by Crippen LogP contribution is 2.15. The molecule has 2 aromatic carbocycles. The minimum Gasteiger partial charge on any atom is -0.494 e. The number of unbranched alkanes of at least 4 members (excludes halogenated alkanes) is 1. The number of ether oxygens (including phenoxy) is 1. The zero-order chi connectivity index (χ0) is 14.9. The lowest BCUT2D eigenvalue weighted by atomic mass is 10.2. The molecule has 3 heteroatoms. The molecule has 2 rings (SSSR count). The van der Waals surface area contributed by atoms with Crippen LogP contribution >= 0.6 is 0 Å². The Hall–Kier alpha value is -2.47. The van der Waals surface area contributed by atoms with E-state index in [4.69, 9.17) is 10.00 Å². The summed E-state index contributed by atoms with van der Waals surface area (Å²) in [5.74, 6) is 0.915. The van der Waals surface area contributed by atoms with Crippen molar-refractivity contribution in [3.8, 4) is 11.8 Å². The minimum absolute atomic E-state index is 0.666. The van der Waals surface area contributed by atoms with Crippen LogP contribution in [0.4, 0.5) is 5.69 Å². The van der Waals surface area contributed by atoms with Gasteiger partial charge in [0.15, 0.2) is 0 Å². The Morgan fingerprint density at radius 2 is 1.95 bits per heavy atom. The van der Waals surface area contributed by atoms with Crippen LogP contribution in [0.3, 0.4) is 0 Å². The third-order valence-corrected chi connectivity index (χ3v) is 3.18. The predicted octanol–water partition coefficient (Wildman–Crippen LogP) is 4.35. The van der Waals surface area contributed by atoms with Gasteiger partial charge in [-0.15, -0.1) is 0 Å². The molecule has 0 heterocycles. The first-order chi connectivity index (χ1) is 10.3. The molecule has 3 nitrogen and oxygen atoms in total. The second-order valence-electron chi connectivity index (χ2n) is 4.89. The second-order valence-corrected chi connectivity index (χ2v) is 4.89. The van der Waals surface area contributed by atoms with Gasteiger partial charge in [-0.2, -0.15) is 5.26 Å². The third kappa shape index (κ3) is 4.85. The van der Waals surface area contributed by atoms with E-state index in [-0.39, 0.29) is 0 Å². The van der Waals surface area contributed by atoms with Crippen molar-refractivity contribution in [3.63, 3.8) is 0 Å². The number of rotatable bonds is 7. The standard InChI is InChI=1S/C18H20N2O/c1-2-3-11-21-18-9-7-15(8-10-18)14-20-17-6-4-5-16(12-17)13-19/h4-10,12,20H,2-3,11,14H2,1H3. The van der Waals surface area contributed by atoms with Gasteiger partial charge in [0.25, 0.3) is 0 Å². The van der Waals surface area contributed by atoms with E-state index < -0.39 is 0 Å². The molecule has 0 saturated carbocycles. The molecule has 0 amide bonds. The van der Waals surface area contributed by atoms with E-state index in [1.54, 1.807) is 6.07 Å². The van der Waals surface area contributed by atoms with Crippen molar-refractivity contribution < 1.29 is 4.74 Å². The summed E-state index contributed by atoms with van der Waals surface area (Å²) in [4.78, 5) is 0. The summed E-state index contributed by atoms with van der Waals surface area (Å²) in [6.45, 7) is 3.65. The molecule has 1 N–H and O–H groups in total. The largest absolute Gasteiger partial charge is 0.494 e. The van der Waals surface area contributed by atoms with Crippen molar-refractivity contribution in [1.29, 1.82) is 5.26 Å². The van der Waals surface area contributed by atoms with Gasteiger partial charge in [0, 0.05) is 12.2 Å². The van der Waals surface area contributed by atoms with Crippen LogP contribution in [-0.2, 0) is 6.54 Å².